The lowest BCUT2D eigenvalue weighted by molar-refractivity contribution is -0.140. The summed E-state index contributed by atoms with van der Waals surface area (Å²) >= 11 is 0. The van der Waals surface area contributed by atoms with E-state index < -0.39 is 11.9 Å². The first-order valence-corrected chi connectivity index (χ1v) is 7.92. The molecule has 0 atom stereocenters. The van der Waals surface area contributed by atoms with Crippen LogP contribution in [0.15, 0.2) is 25.3 Å². The molecule has 0 heterocycles. The quantitative estimate of drug-likeness (QED) is 0.243. The van der Waals surface area contributed by atoms with Crippen molar-refractivity contribution in [1.82, 2.24) is 0 Å². The van der Waals surface area contributed by atoms with E-state index in [1.165, 1.54) is 0 Å². The van der Waals surface area contributed by atoms with Gasteiger partial charge in [-0.3, -0.25) is 0 Å². The molecule has 0 saturated carbocycles. The zero-order chi connectivity index (χ0) is 19.2. The molecule has 0 unspecified atom stereocenters. The Balaban J connectivity index is 0. The van der Waals surface area contributed by atoms with Crippen LogP contribution in [0.1, 0.15) is 6.92 Å². The molecule has 0 radical (unpaired) electrons. The summed E-state index contributed by atoms with van der Waals surface area (Å²) in [5, 5.41) is 0. The van der Waals surface area contributed by atoms with E-state index in [0.29, 0.717) is 52.9 Å². The lowest BCUT2D eigenvalue weighted by Crippen LogP contribution is -2.12. The summed E-state index contributed by atoms with van der Waals surface area (Å²) < 4.78 is 29.3. The van der Waals surface area contributed by atoms with E-state index in [9.17, 15) is 9.59 Å². The van der Waals surface area contributed by atoms with Crippen molar-refractivity contribution < 1.29 is 38.0 Å². The molecule has 0 aliphatic rings. The van der Waals surface area contributed by atoms with Crippen molar-refractivity contribution in [2.75, 3.05) is 66.6 Å². The van der Waals surface area contributed by atoms with E-state index in [1.807, 2.05) is 6.92 Å². The number of carbonyl (C=O) groups is 2. The second-order valence-corrected chi connectivity index (χ2v) is 4.16. The second kappa shape index (κ2) is 22.3. The van der Waals surface area contributed by atoms with E-state index in [-0.39, 0.29) is 6.61 Å². The molecular weight excluding hydrogens is 332 g/mol. The van der Waals surface area contributed by atoms with E-state index in [4.69, 9.17) is 23.7 Å². The van der Waals surface area contributed by atoms with Crippen molar-refractivity contribution in [3.63, 3.8) is 0 Å². The van der Waals surface area contributed by atoms with Crippen molar-refractivity contribution >= 4 is 11.9 Å². The molecule has 0 rings (SSSR count). The normalized spacial score (nSPS) is 9.52. The number of rotatable bonds is 15. The number of hydrogen-bond acceptors (Lipinski definition) is 8. The lowest BCUT2D eigenvalue weighted by atomic mass is 10.6. The highest BCUT2D eigenvalue weighted by Gasteiger charge is 1.95. The van der Waals surface area contributed by atoms with Gasteiger partial charge in [-0.1, -0.05) is 13.2 Å². The van der Waals surface area contributed by atoms with E-state index in [2.05, 4.69) is 17.9 Å². The number of carbonyl (C=O) groups excluding carboxylic acids is 2. The van der Waals surface area contributed by atoms with Crippen LogP contribution in [0.5, 0.6) is 0 Å². The van der Waals surface area contributed by atoms with Crippen molar-refractivity contribution in [2.24, 2.45) is 0 Å². The van der Waals surface area contributed by atoms with Crippen molar-refractivity contribution in [1.29, 1.82) is 0 Å². The van der Waals surface area contributed by atoms with Gasteiger partial charge in [-0.15, -0.1) is 0 Å². The van der Waals surface area contributed by atoms with Crippen molar-refractivity contribution in [3.05, 3.63) is 25.3 Å². The minimum absolute atomic E-state index is 0.239. The SMILES string of the molecule is C=CC(=O)OCCOCC.C=CC(=O)OCCOCCOCCOC. The molecule has 0 aromatic heterocycles. The first-order chi connectivity index (χ1) is 12.1. The molecule has 146 valence electrons. The maximum absolute atomic E-state index is 10.6. The van der Waals surface area contributed by atoms with E-state index >= 15 is 0 Å². The summed E-state index contributed by atoms with van der Waals surface area (Å²) in [6, 6.07) is 0. The number of methoxy groups -OCH3 is 1. The molecule has 0 spiro atoms. The molecular formula is C17H30O8. The summed E-state index contributed by atoms with van der Waals surface area (Å²) in [5.41, 5.74) is 0. The second-order valence-electron chi connectivity index (χ2n) is 4.16. The van der Waals surface area contributed by atoms with Crippen LogP contribution in [0, 0.1) is 0 Å². The van der Waals surface area contributed by atoms with Gasteiger partial charge in [-0.25, -0.2) is 9.59 Å². The van der Waals surface area contributed by atoms with Gasteiger partial charge in [0, 0.05) is 25.9 Å². The molecule has 0 fully saturated rings. The van der Waals surface area contributed by atoms with Gasteiger partial charge in [0.1, 0.15) is 13.2 Å². The minimum atomic E-state index is -0.435. The van der Waals surface area contributed by atoms with Gasteiger partial charge in [0.25, 0.3) is 0 Å². The van der Waals surface area contributed by atoms with Crippen LogP contribution in [0.2, 0.25) is 0 Å². The number of hydrogen-bond donors (Lipinski definition) is 0. The average molecular weight is 362 g/mol. The lowest BCUT2D eigenvalue weighted by Gasteiger charge is -2.05. The van der Waals surface area contributed by atoms with Crippen LogP contribution in [0.4, 0.5) is 0 Å². The summed E-state index contributed by atoms with van der Waals surface area (Å²) in [6.07, 6.45) is 2.25. The van der Waals surface area contributed by atoms with Gasteiger partial charge < -0.3 is 28.4 Å². The van der Waals surface area contributed by atoms with Crippen molar-refractivity contribution in [3.8, 4) is 0 Å². The predicted octanol–water partition coefficient (Wildman–Crippen LogP) is 1.15. The van der Waals surface area contributed by atoms with Crippen LogP contribution < -0.4 is 0 Å². The summed E-state index contributed by atoms with van der Waals surface area (Å²) in [5.74, 6) is -0.838. The molecule has 8 nitrogen and oxygen atoms in total. The molecule has 0 aliphatic heterocycles. The van der Waals surface area contributed by atoms with Gasteiger partial charge in [0.2, 0.25) is 0 Å². The maximum atomic E-state index is 10.6. The highest BCUT2D eigenvalue weighted by molar-refractivity contribution is 5.81. The van der Waals surface area contributed by atoms with Crippen LogP contribution >= 0.6 is 0 Å². The Bertz CT molecular complexity index is 344. The third kappa shape index (κ3) is 24.6. The third-order valence-corrected chi connectivity index (χ3v) is 2.29. The highest BCUT2D eigenvalue weighted by Crippen LogP contribution is 1.83. The average Bonchev–Trinajstić information content (AvgIpc) is 2.64. The predicted molar refractivity (Wildman–Crippen MR) is 92.3 cm³/mol. The standard InChI is InChI=1S/C10H18O5.C7H12O3/c1-3-10(11)15-9-8-14-7-6-13-5-4-12-2;1-3-7(8)10-6-5-9-4-2/h3H,1,4-9H2,2H3;3H,1,4-6H2,2H3. The molecule has 0 N–H and O–H groups in total. The van der Waals surface area contributed by atoms with Crippen LogP contribution in [0.25, 0.3) is 0 Å². The highest BCUT2D eigenvalue weighted by atomic mass is 16.6. The summed E-state index contributed by atoms with van der Waals surface area (Å²) in [7, 11) is 1.62. The fourth-order valence-corrected chi connectivity index (χ4v) is 1.13. The molecule has 0 aliphatic carbocycles. The van der Waals surface area contributed by atoms with Gasteiger partial charge in [0.15, 0.2) is 0 Å². The minimum Gasteiger partial charge on any atom is -0.460 e. The first-order valence-electron chi connectivity index (χ1n) is 7.92. The summed E-state index contributed by atoms with van der Waals surface area (Å²) in [6.45, 7) is 12.5. The fraction of sp³-hybridized carbons (Fsp3) is 0.647. The topological polar surface area (TPSA) is 89.5 Å². The van der Waals surface area contributed by atoms with Gasteiger partial charge in [-0.2, -0.15) is 0 Å². The monoisotopic (exact) mass is 362 g/mol. The van der Waals surface area contributed by atoms with E-state index in [0.717, 1.165) is 12.2 Å². The number of ether oxygens (including phenoxy) is 6. The van der Waals surface area contributed by atoms with Gasteiger partial charge >= 0.3 is 11.9 Å². The Morgan fingerprint density at radius 1 is 0.720 bits per heavy atom. The fourth-order valence-electron chi connectivity index (χ4n) is 1.13. The van der Waals surface area contributed by atoms with Crippen molar-refractivity contribution in [2.45, 2.75) is 6.92 Å². The Morgan fingerprint density at radius 3 is 1.52 bits per heavy atom. The smallest absolute Gasteiger partial charge is 0.330 e. The Labute approximate surface area is 149 Å². The Kier molecular flexibility index (Phi) is 22.7. The van der Waals surface area contributed by atoms with Crippen LogP contribution in [-0.2, 0) is 38.0 Å². The van der Waals surface area contributed by atoms with Gasteiger partial charge in [0.05, 0.1) is 39.6 Å². The molecule has 0 aromatic rings. The maximum Gasteiger partial charge on any atom is 0.330 e. The molecule has 8 heteroatoms. The van der Waals surface area contributed by atoms with Crippen LogP contribution in [0.3, 0.4) is 0 Å². The van der Waals surface area contributed by atoms with Gasteiger partial charge in [-0.05, 0) is 6.92 Å². The molecule has 0 aromatic carbocycles. The zero-order valence-corrected chi connectivity index (χ0v) is 15.2. The molecule has 0 amide bonds. The van der Waals surface area contributed by atoms with Crippen LogP contribution in [-0.4, -0.2) is 78.5 Å². The largest absolute Gasteiger partial charge is 0.460 e. The Morgan fingerprint density at radius 2 is 1.12 bits per heavy atom. The summed E-state index contributed by atoms with van der Waals surface area (Å²) in [4.78, 5) is 21.0. The molecule has 0 saturated heterocycles. The molecule has 25 heavy (non-hydrogen) atoms. The first kappa shape index (κ1) is 25.5. The Hall–Kier alpha value is -1.74. The third-order valence-electron chi connectivity index (χ3n) is 2.29. The van der Waals surface area contributed by atoms with E-state index in [1.54, 1.807) is 7.11 Å². The molecule has 0 bridgehead atoms. The number of esters is 2. The zero-order valence-electron chi connectivity index (χ0n) is 15.2.